The van der Waals surface area contributed by atoms with Crippen LogP contribution in [0.2, 0.25) is 0 Å². The lowest BCUT2D eigenvalue weighted by molar-refractivity contribution is -0.138. The first-order chi connectivity index (χ1) is 7.24. The summed E-state index contributed by atoms with van der Waals surface area (Å²) >= 11 is 0. The number of rotatable bonds is 8. The number of carboxylic acids is 1. The van der Waals surface area contributed by atoms with Gasteiger partial charge in [-0.25, -0.2) is 4.79 Å². The maximum atomic E-state index is 10.5. The van der Waals surface area contributed by atoms with Crippen molar-refractivity contribution in [1.29, 1.82) is 0 Å². The first-order valence-electron chi connectivity index (χ1n) is 5.79. The van der Waals surface area contributed by atoms with Gasteiger partial charge in [0.25, 0.3) is 0 Å². The molecule has 0 aromatic rings. The summed E-state index contributed by atoms with van der Waals surface area (Å²) in [6.07, 6.45) is 8.76. The Balaban J connectivity index is 1.94. The SMILES string of the molecule is O=NC(CCCCCC1CCC1)C(=O)O. The Hall–Kier alpha value is -0.930. The summed E-state index contributed by atoms with van der Waals surface area (Å²) in [7, 11) is 0. The molecule has 1 fully saturated rings. The summed E-state index contributed by atoms with van der Waals surface area (Å²) in [6, 6.07) is -1.03. The van der Waals surface area contributed by atoms with E-state index in [1.165, 1.54) is 25.7 Å². The van der Waals surface area contributed by atoms with Gasteiger partial charge in [0.15, 0.2) is 6.04 Å². The molecule has 1 aliphatic carbocycles. The summed E-state index contributed by atoms with van der Waals surface area (Å²) in [5, 5.41) is 11.2. The molecule has 15 heavy (non-hydrogen) atoms. The second kappa shape index (κ2) is 6.53. The van der Waals surface area contributed by atoms with Crippen LogP contribution in [0, 0.1) is 10.8 Å². The average molecular weight is 213 g/mol. The van der Waals surface area contributed by atoms with Gasteiger partial charge in [-0.05, 0) is 12.3 Å². The highest BCUT2D eigenvalue weighted by atomic mass is 16.4. The van der Waals surface area contributed by atoms with Crippen molar-refractivity contribution in [3.05, 3.63) is 4.91 Å². The molecule has 0 aromatic heterocycles. The van der Waals surface area contributed by atoms with Gasteiger partial charge in [-0.3, -0.25) is 0 Å². The maximum absolute atomic E-state index is 10.5. The molecule has 1 aliphatic rings. The Morgan fingerprint density at radius 2 is 2.07 bits per heavy atom. The summed E-state index contributed by atoms with van der Waals surface area (Å²) in [6.45, 7) is 0. The van der Waals surface area contributed by atoms with E-state index in [1.54, 1.807) is 0 Å². The molecular formula is C11H19NO3. The molecular weight excluding hydrogens is 194 g/mol. The van der Waals surface area contributed by atoms with Gasteiger partial charge in [-0.2, -0.15) is 0 Å². The molecule has 1 atom stereocenters. The number of unbranched alkanes of at least 4 members (excludes halogenated alkanes) is 2. The second-order valence-corrected chi connectivity index (χ2v) is 4.39. The van der Waals surface area contributed by atoms with Crippen molar-refractivity contribution < 1.29 is 9.90 Å². The van der Waals surface area contributed by atoms with Crippen LogP contribution in [0.1, 0.15) is 51.4 Å². The van der Waals surface area contributed by atoms with E-state index in [-0.39, 0.29) is 0 Å². The van der Waals surface area contributed by atoms with Crippen molar-refractivity contribution in [3.63, 3.8) is 0 Å². The lowest BCUT2D eigenvalue weighted by Crippen LogP contribution is -2.16. The lowest BCUT2D eigenvalue weighted by atomic mass is 9.81. The minimum Gasteiger partial charge on any atom is -0.480 e. The number of carboxylic acid groups (broad SMARTS) is 1. The fourth-order valence-electron chi connectivity index (χ4n) is 1.95. The molecule has 1 N–H and O–H groups in total. The van der Waals surface area contributed by atoms with E-state index >= 15 is 0 Å². The Morgan fingerprint density at radius 1 is 1.33 bits per heavy atom. The molecule has 0 aromatic carbocycles. The van der Waals surface area contributed by atoms with Gasteiger partial charge in [-0.15, -0.1) is 4.91 Å². The van der Waals surface area contributed by atoms with Crippen molar-refractivity contribution in [2.24, 2.45) is 11.1 Å². The normalized spacial score (nSPS) is 18.1. The van der Waals surface area contributed by atoms with Crippen LogP contribution in [-0.2, 0) is 4.79 Å². The largest absolute Gasteiger partial charge is 0.480 e. The molecule has 0 spiro atoms. The van der Waals surface area contributed by atoms with Gasteiger partial charge in [-0.1, -0.05) is 50.1 Å². The van der Waals surface area contributed by atoms with E-state index in [0.29, 0.717) is 6.42 Å². The van der Waals surface area contributed by atoms with Crippen molar-refractivity contribution in [2.75, 3.05) is 0 Å². The fourth-order valence-corrected chi connectivity index (χ4v) is 1.95. The third kappa shape index (κ3) is 4.40. The number of carbonyl (C=O) groups is 1. The molecule has 1 rings (SSSR count). The van der Waals surface area contributed by atoms with Gasteiger partial charge in [0.1, 0.15) is 0 Å². The zero-order chi connectivity index (χ0) is 11.1. The zero-order valence-electron chi connectivity index (χ0n) is 9.02. The van der Waals surface area contributed by atoms with E-state index in [4.69, 9.17) is 5.11 Å². The van der Waals surface area contributed by atoms with E-state index in [2.05, 4.69) is 5.18 Å². The van der Waals surface area contributed by atoms with E-state index in [9.17, 15) is 9.70 Å². The quantitative estimate of drug-likeness (QED) is 0.498. The summed E-state index contributed by atoms with van der Waals surface area (Å²) in [5.74, 6) is -0.173. The van der Waals surface area contributed by atoms with Crippen molar-refractivity contribution >= 4 is 5.97 Å². The van der Waals surface area contributed by atoms with Crippen molar-refractivity contribution in [1.82, 2.24) is 0 Å². The van der Waals surface area contributed by atoms with Crippen LogP contribution in [0.3, 0.4) is 0 Å². The monoisotopic (exact) mass is 213 g/mol. The minimum atomic E-state index is -1.09. The number of hydrogen-bond acceptors (Lipinski definition) is 3. The maximum Gasteiger partial charge on any atom is 0.332 e. The fraction of sp³-hybridized carbons (Fsp3) is 0.909. The minimum absolute atomic E-state index is 0.392. The van der Waals surface area contributed by atoms with Crippen LogP contribution < -0.4 is 0 Å². The highest BCUT2D eigenvalue weighted by Gasteiger charge is 2.18. The van der Waals surface area contributed by atoms with Crippen LogP contribution >= 0.6 is 0 Å². The third-order valence-corrected chi connectivity index (χ3v) is 3.23. The molecule has 0 bridgehead atoms. The van der Waals surface area contributed by atoms with Gasteiger partial charge in [0.2, 0.25) is 0 Å². The topological polar surface area (TPSA) is 66.7 Å². The van der Waals surface area contributed by atoms with Crippen molar-refractivity contribution in [3.8, 4) is 0 Å². The van der Waals surface area contributed by atoms with E-state index in [0.717, 1.165) is 25.2 Å². The molecule has 0 radical (unpaired) electrons. The molecule has 1 unspecified atom stereocenters. The summed E-state index contributed by atoms with van der Waals surface area (Å²) in [4.78, 5) is 20.6. The molecule has 0 heterocycles. The van der Waals surface area contributed by atoms with Gasteiger partial charge in [0, 0.05) is 0 Å². The summed E-state index contributed by atoms with van der Waals surface area (Å²) in [5.41, 5.74) is 0. The number of nitroso groups, excluding NO2 is 1. The highest BCUT2D eigenvalue weighted by molar-refractivity contribution is 5.73. The number of hydrogen-bond donors (Lipinski definition) is 1. The van der Waals surface area contributed by atoms with Crippen LogP contribution in [0.15, 0.2) is 5.18 Å². The first kappa shape index (κ1) is 12.1. The predicted molar refractivity (Wildman–Crippen MR) is 57.6 cm³/mol. The van der Waals surface area contributed by atoms with Crippen LogP contribution in [-0.4, -0.2) is 17.1 Å². The van der Waals surface area contributed by atoms with E-state index in [1.807, 2.05) is 0 Å². The highest BCUT2D eigenvalue weighted by Crippen LogP contribution is 2.31. The van der Waals surface area contributed by atoms with Crippen molar-refractivity contribution in [2.45, 2.75) is 57.4 Å². The second-order valence-electron chi connectivity index (χ2n) is 4.39. The molecule has 0 saturated heterocycles. The van der Waals surface area contributed by atoms with Gasteiger partial charge in [0.05, 0.1) is 0 Å². The van der Waals surface area contributed by atoms with Crippen LogP contribution in [0.5, 0.6) is 0 Å². The van der Waals surface area contributed by atoms with Crippen LogP contribution in [0.25, 0.3) is 0 Å². The zero-order valence-corrected chi connectivity index (χ0v) is 9.02. The number of aliphatic carboxylic acids is 1. The standard InChI is InChI=1S/C11H19NO3/c13-11(14)10(12-15)8-3-1-2-5-9-6-4-7-9/h9-10H,1-8H2,(H,13,14). The summed E-state index contributed by atoms with van der Waals surface area (Å²) < 4.78 is 0. The predicted octanol–water partition coefficient (Wildman–Crippen LogP) is 2.96. The molecule has 0 amide bonds. The van der Waals surface area contributed by atoms with E-state index < -0.39 is 12.0 Å². The van der Waals surface area contributed by atoms with Gasteiger partial charge < -0.3 is 5.11 Å². The first-order valence-corrected chi connectivity index (χ1v) is 5.79. The molecule has 0 aliphatic heterocycles. The molecule has 4 heteroatoms. The molecule has 86 valence electrons. The Kier molecular flexibility index (Phi) is 5.29. The smallest absolute Gasteiger partial charge is 0.332 e. The Bertz CT molecular complexity index is 214. The average Bonchev–Trinajstić information content (AvgIpc) is 2.13. The lowest BCUT2D eigenvalue weighted by Gasteiger charge is -2.24. The molecule has 4 nitrogen and oxygen atoms in total. The Morgan fingerprint density at radius 3 is 2.53 bits per heavy atom. The van der Waals surface area contributed by atoms with Gasteiger partial charge >= 0.3 is 5.97 Å². The Labute approximate surface area is 90.0 Å². The molecule has 1 saturated carbocycles. The van der Waals surface area contributed by atoms with Crippen LogP contribution in [0.4, 0.5) is 0 Å². The third-order valence-electron chi connectivity index (χ3n) is 3.23. The number of nitrogens with zero attached hydrogens (tertiary/aromatic N) is 1.